The van der Waals surface area contributed by atoms with Gasteiger partial charge in [-0.3, -0.25) is 4.79 Å². The third kappa shape index (κ3) is 3.34. The van der Waals surface area contributed by atoms with E-state index in [2.05, 4.69) is 17.2 Å². The number of rotatable bonds is 2. The third-order valence-electron chi connectivity index (χ3n) is 2.42. The Morgan fingerprint density at radius 1 is 1.35 bits per heavy atom. The Hall–Kier alpha value is -1.93. The first-order chi connectivity index (χ1) is 9.61. The molecule has 3 N–H and O–H groups in total. The molecule has 2 rings (SSSR count). The highest BCUT2D eigenvalue weighted by atomic mass is 35.5. The molecule has 0 bridgehead atoms. The van der Waals surface area contributed by atoms with E-state index >= 15 is 0 Å². The van der Waals surface area contributed by atoms with Gasteiger partial charge in [0.05, 0.1) is 24.1 Å². The van der Waals surface area contributed by atoms with Gasteiger partial charge in [0, 0.05) is 10.6 Å². The van der Waals surface area contributed by atoms with Crippen LogP contribution in [-0.4, -0.2) is 12.5 Å². The predicted octanol–water partition coefficient (Wildman–Crippen LogP) is 3.15. The maximum absolute atomic E-state index is 12.1. The number of anilines is 1. The monoisotopic (exact) mass is 308 g/mol. The van der Waals surface area contributed by atoms with Crippen molar-refractivity contribution in [2.75, 3.05) is 11.9 Å². The number of carbonyl (C=O) groups excluding carboxylic acids is 1. The Balaban J connectivity index is 2.31. The van der Waals surface area contributed by atoms with Crippen LogP contribution in [0.4, 0.5) is 5.69 Å². The molecule has 0 saturated carbocycles. The molecule has 1 aromatic heterocycles. The highest BCUT2D eigenvalue weighted by molar-refractivity contribution is 6.33. The molecule has 0 spiro atoms. The molecule has 6 heteroatoms. The largest absolute Gasteiger partial charge is 0.452 e. The molecule has 0 atom stereocenters. The molecule has 0 aliphatic heterocycles. The van der Waals surface area contributed by atoms with Crippen LogP contribution >= 0.6 is 23.2 Å². The number of hydrogen-bond acceptors (Lipinski definition) is 3. The molecule has 0 fully saturated rings. The van der Waals surface area contributed by atoms with E-state index in [0.717, 1.165) is 0 Å². The minimum absolute atomic E-state index is 0.0270. The quantitative estimate of drug-likeness (QED) is 0.837. The lowest BCUT2D eigenvalue weighted by Gasteiger charge is -2.07. The van der Waals surface area contributed by atoms with Crippen molar-refractivity contribution in [1.82, 2.24) is 0 Å². The van der Waals surface area contributed by atoms with E-state index in [0.29, 0.717) is 16.3 Å². The van der Waals surface area contributed by atoms with E-state index in [1.807, 2.05) is 0 Å². The van der Waals surface area contributed by atoms with Crippen molar-refractivity contribution in [2.45, 2.75) is 0 Å². The number of benzene rings is 1. The molecule has 102 valence electrons. The van der Waals surface area contributed by atoms with E-state index in [9.17, 15) is 4.79 Å². The molecule has 0 saturated heterocycles. The SMILES string of the molecule is NCC#Cc1ccc(Cl)cc1NC(=O)c1ccoc1Cl. The van der Waals surface area contributed by atoms with Crippen LogP contribution in [0.5, 0.6) is 0 Å². The van der Waals surface area contributed by atoms with Gasteiger partial charge in [0.25, 0.3) is 5.91 Å². The Kier molecular flexibility index (Phi) is 4.70. The maximum Gasteiger partial charge on any atom is 0.260 e. The summed E-state index contributed by atoms with van der Waals surface area (Å²) in [6.07, 6.45) is 1.34. The lowest BCUT2D eigenvalue weighted by molar-refractivity contribution is 0.102. The fourth-order valence-electron chi connectivity index (χ4n) is 1.52. The lowest BCUT2D eigenvalue weighted by Crippen LogP contribution is -2.12. The van der Waals surface area contributed by atoms with Gasteiger partial charge >= 0.3 is 0 Å². The van der Waals surface area contributed by atoms with Crippen molar-refractivity contribution < 1.29 is 9.21 Å². The first-order valence-corrected chi connectivity index (χ1v) is 6.40. The van der Waals surface area contributed by atoms with Crippen molar-refractivity contribution in [3.05, 3.63) is 51.9 Å². The molecule has 2 aromatic rings. The van der Waals surface area contributed by atoms with Gasteiger partial charge < -0.3 is 15.5 Å². The van der Waals surface area contributed by atoms with Gasteiger partial charge in [0.2, 0.25) is 5.22 Å². The number of halogens is 2. The number of hydrogen-bond donors (Lipinski definition) is 2. The minimum Gasteiger partial charge on any atom is -0.452 e. The Morgan fingerprint density at radius 3 is 2.80 bits per heavy atom. The Morgan fingerprint density at radius 2 is 2.15 bits per heavy atom. The second kappa shape index (κ2) is 6.49. The van der Waals surface area contributed by atoms with Crippen molar-refractivity contribution in [3.63, 3.8) is 0 Å². The van der Waals surface area contributed by atoms with Crippen LogP contribution in [0.1, 0.15) is 15.9 Å². The van der Waals surface area contributed by atoms with E-state index in [1.54, 1.807) is 18.2 Å². The average Bonchev–Trinajstić information content (AvgIpc) is 2.84. The van der Waals surface area contributed by atoms with Gasteiger partial charge in [0.1, 0.15) is 0 Å². The minimum atomic E-state index is -0.401. The second-order valence-corrected chi connectivity index (χ2v) is 4.54. The molecule has 0 aliphatic rings. The summed E-state index contributed by atoms with van der Waals surface area (Å²) in [7, 11) is 0. The van der Waals surface area contributed by atoms with Gasteiger partial charge in [-0.2, -0.15) is 0 Å². The Bertz CT molecular complexity index is 699. The van der Waals surface area contributed by atoms with Crippen LogP contribution in [0, 0.1) is 11.8 Å². The van der Waals surface area contributed by atoms with E-state index < -0.39 is 5.91 Å². The zero-order valence-corrected chi connectivity index (χ0v) is 11.8. The van der Waals surface area contributed by atoms with E-state index in [4.69, 9.17) is 33.4 Å². The molecule has 4 nitrogen and oxygen atoms in total. The van der Waals surface area contributed by atoms with E-state index in [-0.39, 0.29) is 17.3 Å². The second-order valence-electron chi connectivity index (χ2n) is 3.76. The molecule has 0 unspecified atom stereocenters. The van der Waals surface area contributed by atoms with Crippen LogP contribution in [-0.2, 0) is 0 Å². The van der Waals surface area contributed by atoms with Gasteiger partial charge in [-0.1, -0.05) is 23.4 Å². The number of carbonyl (C=O) groups is 1. The van der Waals surface area contributed by atoms with E-state index in [1.165, 1.54) is 12.3 Å². The van der Waals surface area contributed by atoms with Crippen LogP contribution < -0.4 is 11.1 Å². The summed E-state index contributed by atoms with van der Waals surface area (Å²) in [6, 6.07) is 6.47. The summed E-state index contributed by atoms with van der Waals surface area (Å²) < 4.78 is 4.88. The molecule has 20 heavy (non-hydrogen) atoms. The summed E-state index contributed by atoms with van der Waals surface area (Å²) in [5, 5.41) is 3.20. The van der Waals surface area contributed by atoms with Gasteiger partial charge in [-0.25, -0.2) is 0 Å². The van der Waals surface area contributed by atoms with Crippen molar-refractivity contribution in [1.29, 1.82) is 0 Å². The molecule has 1 amide bonds. The van der Waals surface area contributed by atoms with Crippen LogP contribution in [0.2, 0.25) is 10.2 Å². The van der Waals surface area contributed by atoms with Crippen molar-refractivity contribution >= 4 is 34.8 Å². The molecule has 1 heterocycles. The molecule has 0 radical (unpaired) electrons. The van der Waals surface area contributed by atoms with Crippen LogP contribution in [0.15, 0.2) is 34.9 Å². The van der Waals surface area contributed by atoms with Crippen LogP contribution in [0.25, 0.3) is 0 Å². The fourth-order valence-corrected chi connectivity index (χ4v) is 1.89. The highest BCUT2D eigenvalue weighted by Gasteiger charge is 2.14. The number of amides is 1. The molecular formula is C14H10Cl2N2O2. The number of nitrogens with two attached hydrogens (primary N) is 1. The number of nitrogens with one attached hydrogen (secondary N) is 1. The summed E-state index contributed by atoms with van der Waals surface area (Å²) in [4.78, 5) is 12.1. The maximum atomic E-state index is 12.1. The standard InChI is InChI=1S/C14H10Cl2N2O2/c15-10-4-3-9(2-1-6-17)12(8-10)18-14(19)11-5-7-20-13(11)16/h3-5,7-8H,6,17H2,(H,18,19). The third-order valence-corrected chi connectivity index (χ3v) is 2.95. The lowest BCUT2D eigenvalue weighted by atomic mass is 10.1. The van der Waals surface area contributed by atoms with Gasteiger partial charge in [0.15, 0.2) is 0 Å². The molecule has 0 aliphatic carbocycles. The van der Waals surface area contributed by atoms with Crippen LogP contribution in [0.3, 0.4) is 0 Å². The highest BCUT2D eigenvalue weighted by Crippen LogP contribution is 2.23. The molecular weight excluding hydrogens is 299 g/mol. The van der Waals surface area contributed by atoms with Crippen molar-refractivity contribution in [3.8, 4) is 11.8 Å². The first kappa shape index (κ1) is 14.5. The summed E-state index contributed by atoms with van der Waals surface area (Å²) in [5.41, 5.74) is 6.68. The predicted molar refractivity (Wildman–Crippen MR) is 79.1 cm³/mol. The Labute approximate surface area is 125 Å². The van der Waals surface area contributed by atoms with Gasteiger partial charge in [-0.15, -0.1) is 0 Å². The van der Waals surface area contributed by atoms with Gasteiger partial charge in [-0.05, 0) is 35.9 Å². The molecule has 1 aromatic carbocycles. The van der Waals surface area contributed by atoms with Crippen molar-refractivity contribution in [2.24, 2.45) is 5.73 Å². The average molecular weight is 309 g/mol. The summed E-state index contributed by atoms with van der Waals surface area (Å²) in [6.45, 7) is 0.226. The zero-order chi connectivity index (χ0) is 14.5. The zero-order valence-electron chi connectivity index (χ0n) is 10.2. The summed E-state index contributed by atoms with van der Waals surface area (Å²) >= 11 is 11.7. The fraction of sp³-hybridized carbons (Fsp3) is 0.0714. The normalized spacial score (nSPS) is 9.75. The smallest absolute Gasteiger partial charge is 0.260 e. The number of furan rings is 1. The first-order valence-electron chi connectivity index (χ1n) is 5.64. The summed E-state index contributed by atoms with van der Waals surface area (Å²) in [5.74, 6) is 5.18. The topological polar surface area (TPSA) is 68.3 Å².